The SMILES string of the molecule is Cc1cc2c(cn1)nc(-c1[c-]ccc3c1oc1ccccc13)n2C.[2H]C([2H])([2H])c1c[c-]c(-c2cc(C([2H])([2H])C(C)C)c([Si](C)(C)C)cn2)cc1.[Ir]. The molecule has 46 heavy (non-hydrogen) atoms. The van der Waals surface area contributed by atoms with Crippen LogP contribution >= 0.6 is 0 Å². The molecule has 4 aromatic heterocycles. The molecule has 0 N–H and O–H groups in total. The van der Waals surface area contributed by atoms with Gasteiger partial charge in [-0.1, -0.05) is 81.1 Å². The zero-order valence-corrected chi connectivity index (χ0v) is 30.5. The minimum atomic E-state index is -2.16. The fourth-order valence-electron chi connectivity index (χ4n) is 5.49. The van der Waals surface area contributed by atoms with Crippen molar-refractivity contribution < 1.29 is 31.4 Å². The van der Waals surface area contributed by atoms with Crippen LogP contribution < -0.4 is 5.19 Å². The van der Waals surface area contributed by atoms with Crippen molar-refractivity contribution in [2.24, 2.45) is 13.0 Å². The third kappa shape index (κ3) is 6.78. The van der Waals surface area contributed by atoms with E-state index in [1.54, 1.807) is 18.3 Å². The van der Waals surface area contributed by atoms with Crippen LogP contribution in [0.3, 0.4) is 0 Å². The molecule has 0 aliphatic heterocycles. The Kier molecular flexibility index (Phi) is 7.96. The van der Waals surface area contributed by atoms with E-state index in [4.69, 9.17) is 16.3 Å². The number of furan rings is 1. The number of aryl methyl sites for hydroxylation is 3. The third-order valence-corrected chi connectivity index (χ3v) is 9.73. The van der Waals surface area contributed by atoms with Gasteiger partial charge in [0.15, 0.2) is 0 Å². The van der Waals surface area contributed by atoms with Gasteiger partial charge < -0.3 is 14.0 Å². The van der Waals surface area contributed by atoms with Crippen LogP contribution in [0.15, 0.2) is 83.5 Å². The van der Waals surface area contributed by atoms with Gasteiger partial charge >= 0.3 is 0 Å². The van der Waals surface area contributed by atoms with Crippen molar-refractivity contribution >= 4 is 46.2 Å². The van der Waals surface area contributed by atoms with Crippen molar-refractivity contribution in [2.45, 2.75) is 53.6 Å². The average Bonchev–Trinajstić information content (AvgIpc) is 3.61. The van der Waals surface area contributed by atoms with Crippen molar-refractivity contribution in [3.8, 4) is 22.6 Å². The van der Waals surface area contributed by atoms with Crippen LogP contribution in [0.5, 0.6) is 0 Å². The summed E-state index contributed by atoms with van der Waals surface area (Å²) in [5.74, 6) is 0.664. The molecule has 237 valence electrons. The van der Waals surface area contributed by atoms with Gasteiger partial charge in [-0.15, -0.1) is 53.6 Å². The Labute approximate surface area is 293 Å². The fourth-order valence-corrected chi connectivity index (χ4v) is 6.90. The Morgan fingerprint density at radius 3 is 2.52 bits per heavy atom. The maximum Gasteiger partial charge on any atom is 0.120 e. The summed E-state index contributed by atoms with van der Waals surface area (Å²) in [7, 11) is 0.235. The number of rotatable bonds is 5. The van der Waals surface area contributed by atoms with Crippen LogP contribution in [0, 0.1) is 31.8 Å². The summed E-state index contributed by atoms with van der Waals surface area (Å²) in [5.41, 5.74) is 7.68. The number of benzene rings is 3. The maximum atomic E-state index is 8.59. The van der Waals surface area contributed by atoms with Gasteiger partial charge in [-0.25, -0.2) is 0 Å². The summed E-state index contributed by atoms with van der Waals surface area (Å²) in [4.78, 5) is 13.6. The second-order valence-corrected chi connectivity index (χ2v) is 17.7. The molecule has 0 fully saturated rings. The minimum Gasteiger partial charge on any atom is -0.501 e. The molecule has 7 heteroatoms. The van der Waals surface area contributed by atoms with Gasteiger partial charge in [0.05, 0.1) is 36.7 Å². The Bertz CT molecular complexity index is 2340. The van der Waals surface area contributed by atoms with E-state index in [1.165, 1.54) is 6.07 Å². The van der Waals surface area contributed by atoms with Crippen molar-refractivity contribution in [3.05, 3.63) is 108 Å². The van der Waals surface area contributed by atoms with Crippen molar-refractivity contribution in [1.82, 2.24) is 19.5 Å². The number of fused-ring (bicyclic) bond motifs is 4. The Balaban J connectivity index is 0.000000194. The number of para-hydroxylation sites is 1. The first-order valence-corrected chi connectivity index (χ1v) is 18.6. The van der Waals surface area contributed by atoms with Gasteiger partial charge in [-0.05, 0) is 42.2 Å². The maximum absolute atomic E-state index is 8.59. The summed E-state index contributed by atoms with van der Waals surface area (Å²) < 4.78 is 47.8. The van der Waals surface area contributed by atoms with E-state index in [9.17, 15) is 0 Å². The third-order valence-electron chi connectivity index (χ3n) is 7.71. The van der Waals surface area contributed by atoms with Crippen LogP contribution in [0.25, 0.3) is 55.6 Å². The first-order chi connectivity index (χ1) is 23.5. The van der Waals surface area contributed by atoms with E-state index in [0.717, 1.165) is 55.2 Å². The Hall–Kier alpha value is -3.90. The molecular weight excluding hydrogens is 761 g/mol. The van der Waals surface area contributed by atoms with E-state index < -0.39 is 21.3 Å². The zero-order valence-electron chi connectivity index (χ0n) is 32.1. The molecular formula is C39H40IrN4OSi-2. The number of aromatic nitrogens is 4. The summed E-state index contributed by atoms with van der Waals surface area (Å²) in [6.07, 6.45) is 2.14. The van der Waals surface area contributed by atoms with Crippen LogP contribution in [-0.4, -0.2) is 27.6 Å². The number of imidazole rings is 1. The Morgan fingerprint density at radius 1 is 1.00 bits per heavy atom. The summed E-state index contributed by atoms with van der Waals surface area (Å²) in [5, 5.41) is 3.21. The van der Waals surface area contributed by atoms with Crippen LogP contribution in [0.1, 0.15) is 37.5 Å². The van der Waals surface area contributed by atoms with E-state index in [-0.39, 0.29) is 31.6 Å². The smallest absolute Gasteiger partial charge is 0.120 e. The average molecular weight is 806 g/mol. The molecule has 0 saturated heterocycles. The molecule has 0 saturated carbocycles. The summed E-state index contributed by atoms with van der Waals surface area (Å²) >= 11 is 0. The zero-order chi connectivity index (χ0) is 36.2. The van der Waals surface area contributed by atoms with Gasteiger partial charge in [0, 0.05) is 51.3 Å². The minimum absolute atomic E-state index is 0. The second-order valence-electron chi connectivity index (χ2n) is 12.7. The second kappa shape index (κ2) is 13.4. The predicted octanol–water partition coefficient (Wildman–Crippen LogP) is 9.24. The van der Waals surface area contributed by atoms with Gasteiger partial charge in [-0.3, -0.25) is 9.97 Å². The van der Waals surface area contributed by atoms with Gasteiger partial charge in [0.2, 0.25) is 0 Å². The van der Waals surface area contributed by atoms with Crippen molar-refractivity contribution in [2.75, 3.05) is 0 Å². The van der Waals surface area contributed by atoms with E-state index in [0.29, 0.717) is 16.8 Å². The van der Waals surface area contributed by atoms with Gasteiger partial charge in [0.1, 0.15) is 5.58 Å². The molecule has 0 aliphatic carbocycles. The molecule has 1 radical (unpaired) electrons. The molecule has 7 rings (SSSR count). The quantitative estimate of drug-likeness (QED) is 0.129. The molecule has 0 spiro atoms. The number of pyridine rings is 2. The monoisotopic (exact) mass is 806 g/mol. The van der Waals surface area contributed by atoms with Gasteiger partial charge in [-0.2, -0.15) is 0 Å². The Morgan fingerprint density at radius 2 is 1.80 bits per heavy atom. The molecule has 3 aromatic carbocycles. The summed E-state index contributed by atoms with van der Waals surface area (Å²) in [6.45, 7) is 10.1. The van der Waals surface area contributed by atoms with Crippen molar-refractivity contribution in [3.63, 3.8) is 0 Å². The predicted molar refractivity (Wildman–Crippen MR) is 190 cm³/mol. The fraction of sp³-hybridized carbons (Fsp3) is 0.256. The van der Waals surface area contributed by atoms with Crippen LogP contribution in [0.4, 0.5) is 0 Å². The number of hydrogen-bond donors (Lipinski definition) is 0. The molecule has 0 aliphatic rings. The molecule has 0 amide bonds. The molecule has 5 nitrogen and oxygen atoms in total. The normalized spacial score (nSPS) is 13.8. The first-order valence-electron chi connectivity index (χ1n) is 17.6. The van der Waals surface area contributed by atoms with Crippen LogP contribution in [-0.2, 0) is 33.5 Å². The molecule has 0 bridgehead atoms. The molecule has 0 atom stereocenters. The first kappa shape index (κ1) is 27.2. The van der Waals surface area contributed by atoms with Crippen LogP contribution in [0.2, 0.25) is 19.6 Å². The largest absolute Gasteiger partial charge is 0.501 e. The van der Waals surface area contributed by atoms with Crippen molar-refractivity contribution in [1.29, 1.82) is 0 Å². The van der Waals surface area contributed by atoms with E-state index >= 15 is 0 Å². The van der Waals surface area contributed by atoms with E-state index in [2.05, 4.69) is 52.4 Å². The summed E-state index contributed by atoms with van der Waals surface area (Å²) in [6, 6.07) is 26.9. The van der Waals surface area contributed by atoms with E-state index in [1.807, 2.05) is 76.5 Å². The molecule has 4 heterocycles. The number of nitrogens with zero attached hydrogens (tertiary/aromatic N) is 4. The topological polar surface area (TPSA) is 56.7 Å². The standard InChI is InChI=1S/C20H14N3O.C19H26NSi.Ir/c1-12-10-17-16(11-21-12)22-20(23(17)2)15-8-5-7-14-13-6-3-4-9-18(13)24-19(14)15;1-14(2)11-17-12-18(16-9-7-15(3)8-10-16)20-13-19(17)21(4,5)6;/h3-7,9-11H,1-2H3;7-9,12-14H,11H2,1-6H3;/q2*-1;/i;3D3,11D2;. The molecule has 0 unspecified atom stereocenters. The number of hydrogen-bond acceptors (Lipinski definition) is 4. The van der Waals surface area contributed by atoms with Gasteiger partial charge in [0.25, 0.3) is 0 Å². The molecule has 7 aromatic rings.